The normalized spacial score (nSPS) is 11.6. The fraction of sp³-hybridized carbons (Fsp3) is 0.333. The molecule has 0 heterocycles. The molecule has 0 aliphatic heterocycles. The second kappa shape index (κ2) is 14.7. The van der Waals surface area contributed by atoms with E-state index in [2.05, 4.69) is 5.32 Å². The highest BCUT2D eigenvalue weighted by Gasteiger charge is 2.31. The summed E-state index contributed by atoms with van der Waals surface area (Å²) in [6.45, 7) is 5.06. The van der Waals surface area contributed by atoms with Gasteiger partial charge in [-0.05, 0) is 49.6 Å². The number of rotatable bonds is 13. The van der Waals surface area contributed by atoms with Crippen LogP contribution >= 0.6 is 23.2 Å². The molecular weight excluding hydrogens is 507 g/mol. The van der Waals surface area contributed by atoms with Gasteiger partial charge in [0.25, 0.3) is 0 Å². The van der Waals surface area contributed by atoms with Crippen LogP contribution < -0.4 is 10.1 Å². The van der Waals surface area contributed by atoms with Gasteiger partial charge in [0.2, 0.25) is 11.8 Å². The highest BCUT2D eigenvalue weighted by Crippen LogP contribution is 2.27. The van der Waals surface area contributed by atoms with Crippen LogP contribution in [0.4, 0.5) is 0 Å². The maximum absolute atomic E-state index is 13.6. The van der Waals surface area contributed by atoms with E-state index in [0.717, 1.165) is 23.3 Å². The van der Waals surface area contributed by atoms with Gasteiger partial charge in [0.15, 0.2) is 0 Å². The minimum atomic E-state index is -0.716. The number of carbonyl (C=O) groups is 2. The van der Waals surface area contributed by atoms with Crippen molar-refractivity contribution in [2.24, 2.45) is 0 Å². The summed E-state index contributed by atoms with van der Waals surface area (Å²) in [5, 5.41) is 3.89. The molecule has 0 aliphatic rings. The van der Waals surface area contributed by atoms with Gasteiger partial charge in [0.1, 0.15) is 11.8 Å². The third kappa shape index (κ3) is 8.80. The van der Waals surface area contributed by atoms with Crippen molar-refractivity contribution >= 4 is 35.0 Å². The first-order valence-electron chi connectivity index (χ1n) is 12.6. The molecule has 0 aromatic heterocycles. The van der Waals surface area contributed by atoms with Crippen LogP contribution in [0.2, 0.25) is 10.0 Å². The molecule has 0 saturated carbocycles. The number of benzene rings is 3. The minimum absolute atomic E-state index is 0.132. The number of hydrogen-bond donors (Lipinski definition) is 1. The molecule has 5 nitrogen and oxygen atoms in total. The van der Waals surface area contributed by atoms with Crippen LogP contribution in [0.15, 0.2) is 72.8 Å². The molecule has 0 radical (unpaired) electrons. The Balaban J connectivity index is 1.82. The van der Waals surface area contributed by atoms with Gasteiger partial charge in [0, 0.05) is 41.5 Å². The van der Waals surface area contributed by atoms with E-state index in [-0.39, 0.29) is 24.8 Å². The van der Waals surface area contributed by atoms with Gasteiger partial charge in [-0.2, -0.15) is 0 Å². The quantitative estimate of drug-likeness (QED) is 0.247. The first-order chi connectivity index (χ1) is 17.9. The average molecular weight is 542 g/mol. The minimum Gasteiger partial charge on any atom is -0.494 e. The Kier molecular flexibility index (Phi) is 11.3. The Labute approximate surface area is 229 Å². The Hall–Kier alpha value is -3.02. The summed E-state index contributed by atoms with van der Waals surface area (Å²) < 4.78 is 5.81. The summed E-state index contributed by atoms with van der Waals surface area (Å²) in [5.41, 5.74) is 2.74. The Morgan fingerprint density at radius 2 is 1.62 bits per heavy atom. The van der Waals surface area contributed by atoms with E-state index < -0.39 is 6.04 Å². The van der Waals surface area contributed by atoms with E-state index in [9.17, 15) is 9.59 Å². The van der Waals surface area contributed by atoms with Gasteiger partial charge in [0.05, 0.1) is 6.61 Å². The van der Waals surface area contributed by atoms with E-state index in [1.807, 2.05) is 68.4 Å². The summed E-state index contributed by atoms with van der Waals surface area (Å²) in [5.74, 6) is 0.410. The summed E-state index contributed by atoms with van der Waals surface area (Å²) in [7, 11) is 0. The van der Waals surface area contributed by atoms with E-state index in [0.29, 0.717) is 41.6 Å². The topological polar surface area (TPSA) is 58.6 Å². The van der Waals surface area contributed by atoms with Crippen molar-refractivity contribution in [1.82, 2.24) is 10.2 Å². The van der Waals surface area contributed by atoms with Crippen LogP contribution in [-0.2, 0) is 22.6 Å². The van der Waals surface area contributed by atoms with Crippen LogP contribution in [0.1, 0.15) is 42.9 Å². The third-order valence-corrected chi connectivity index (χ3v) is 6.74. The molecule has 37 heavy (non-hydrogen) atoms. The largest absolute Gasteiger partial charge is 0.494 e. The first-order valence-corrected chi connectivity index (χ1v) is 13.4. The SMILES string of the molecule is CCCNC(=O)[C@H](Cc1ccccc1)N(Cc1c(Cl)cccc1Cl)C(=O)CCCOc1ccc(C)cc1. The van der Waals surface area contributed by atoms with Crippen LogP contribution in [0.25, 0.3) is 0 Å². The number of carbonyl (C=O) groups excluding carboxylic acids is 2. The van der Waals surface area contributed by atoms with Crippen molar-refractivity contribution in [2.75, 3.05) is 13.2 Å². The predicted octanol–water partition coefficient (Wildman–Crippen LogP) is 6.63. The van der Waals surface area contributed by atoms with E-state index in [1.54, 1.807) is 23.1 Å². The van der Waals surface area contributed by atoms with Gasteiger partial charge in [-0.3, -0.25) is 9.59 Å². The maximum Gasteiger partial charge on any atom is 0.243 e. The lowest BCUT2D eigenvalue weighted by atomic mass is 10.0. The molecule has 196 valence electrons. The number of ether oxygens (including phenoxy) is 1. The fourth-order valence-corrected chi connectivity index (χ4v) is 4.48. The molecule has 7 heteroatoms. The van der Waals surface area contributed by atoms with E-state index in [4.69, 9.17) is 27.9 Å². The van der Waals surface area contributed by atoms with Crippen LogP contribution in [-0.4, -0.2) is 35.9 Å². The van der Waals surface area contributed by atoms with Crippen molar-refractivity contribution in [3.8, 4) is 5.75 Å². The van der Waals surface area contributed by atoms with E-state index in [1.165, 1.54) is 0 Å². The molecule has 0 fully saturated rings. The molecule has 0 aliphatic carbocycles. The average Bonchev–Trinajstić information content (AvgIpc) is 2.90. The van der Waals surface area contributed by atoms with E-state index >= 15 is 0 Å². The van der Waals surface area contributed by atoms with Crippen LogP contribution in [0, 0.1) is 6.92 Å². The standard InChI is InChI=1S/C30H34Cl2N2O3/c1-3-18-33-30(36)28(20-23-9-5-4-6-10-23)34(21-25-26(31)11-7-12-27(25)32)29(35)13-8-19-37-24-16-14-22(2)15-17-24/h4-7,9-12,14-17,28H,3,8,13,18-21H2,1-2H3,(H,33,36)/t28-/m0/s1. The summed E-state index contributed by atoms with van der Waals surface area (Å²) >= 11 is 12.9. The number of aryl methyl sites for hydroxylation is 1. The molecule has 0 spiro atoms. The summed E-state index contributed by atoms with van der Waals surface area (Å²) in [4.78, 5) is 28.6. The molecule has 3 rings (SSSR count). The van der Waals surface area contributed by atoms with Gasteiger partial charge < -0.3 is 15.0 Å². The van der Waals surface area contributed by atoms with Crippen LogP contribution in [0.3, 0.4) is 0 Å². The lowest BCUT2D eigenvalue weighted by Crippen LogP contribution is -2.50. The zero-order valence-corrected chi connectivity index (χ0v) is 22.9. The van der Waals surface area contributed by atoms with Crippen LogP contribution in [0.5, 0.6) is 5.75 Å². The monoisotopic (exact) mass is 540 g/mol. The van der Waals surface area contributed by atoms with Gasteiger partial charge in [-0.25, -0.2) is 0 Å². The maximum atomic E-state index is 13.6. The lowest BCUT2D eigenvalue weighted by molar-refractivity contribution is -0.141. The number of nitrogens with one attached hydrogen (secondary N) is 1. The number of amides is 2. The zero-order valence-electron chi connectivity index (χ0n) is 21.4. The molecule has 2 amide bonds. The number of nitrogens with zero attached hydrogens (tertiary/aromatic N) is 1. The van der Waals surface area contributed by atoms with Gasteiger partial charge in [-0.1, -0.05) is 84.2 Å². The van der Waals surface area contributed by atoms with Crippen molar-refractivity contribution in [2.45, 2.75) is 52.1 Å². The molecular formula is C30H34Cl2N2O3. The summed E-state index contributed by atoms with van der Waals surface area (Å²) in [6.07, 6.45) is 1.91. The summed E-state index contributed by atoms with van der Waals surface area (Å²) in [6, 6.07) is 22.0. The van der Waals surface area contributed by atoms with Gasteiger partial charge in [-0.15, -0.1) is 0 Å². The highest BCUT2D eigenvalue weighted by atomic mass is 35.5. The molecule has 0 bridgehead atoms. The molecule has 0 unspecified atom stereocenters. The molecule has 1 atom stereocenters. The molecule has 3 aromatic rings. The third-order valence-electron chi connectivity index (χ3n) is 6.04. The fourth-order valence-electron chi connectivity index (χ4n) is 3.97. The predicted molar refractivity (Wildman–Crippen MR) is 150 cm³/mol. The molecule has 0 saturated heterocycles. The Bertz CT molecular complexity index is 1130. The first kappa shape index (κ1) is 28.5. The lowest BCUT2D eigenvalue weighted by Gasteiger charge is -2.32. The van der Waals surface area contributed by atoms with Crippen molar-refractivity contribution in [3.63, 3.8) is 0 Å². The Morgan fingerprint density at radius 1 is 0.946 bits per heavy atom. The van der Waals surface area contributed by atoms with Gasteiger partial charge >= 0.3 is 0 Å². The number of halogens is 2. The highest BCUT2D eigenvalue weighted by molar-refractivity contribution is 6.36. The van der Waals surface area contributed by atoms with Crippen molar-refractivity contribution < 1.29 is 14.3 Å². The molecule has 3 aromatic carbocycles. The zero-order chi connectivity index (χ0) is 26.6. The molecule has 1 N–H and O–H groups in total. The second-order valence-corrected chi connectivity index (χ2v) is 9.80. The number of hydrogen-bond acceptors (Lipinski definition) is 3. The van der Waals surface area contributed by atoms with Crippen molar-refractivity contribution in [3.05, 3.63) is 99.5 Å². The second-order valence-electron chi connectivity index (χ2n) is 8.98. The van der Waals surface area contributed by atoms with Crippen molar-refractivity contribution in [1.29, 1.82) is 0 Å². The smallest absolute Gasteiger partial charge is 0.243 e. The Morgan fingerprint density at radius 3 is 2.27 bits per heavy atom.